The van der Waals surface area contributed by atoms with Gasteiger partial charge in [0.15, 0.2) is 5.60 Å². The molecule has 0 aromatic heterocycles. The molecule has 1 saturated heterocycles. The molecule has 4 aromatic rings. The maximum absolute atomic E-state index is 12.8. The number of hydrogen-bond donors (Lipinski definition) is 5. The molecule has 1 heterocycles. The zero-order valence-electron chi connectivity index (χ0n) is 26.7. The van der Waals surface area contributed by atoms with E-state index in [1.54, 1.807) is 40.4 Å². The van der Waals surface area contributed by atoms with Gasteiger partial charge in [-0.2, -0.15) is 0 Å². The molecule has 0 aliphatic carbocycles. The number of piperidine rings is 1. The van der Waals surface area contributed by atoms with Crippen molar-refractivity contribution in [3.63, 3.8) is 0 Å². The van der Waals surface area contributed by atoms with E-state index < -0.39 is 11.6 Å². The molecule has 4 aromatic carbocycles. The third-order valence-electron chi connectivity index (χ3n) is 8.67. The number of carbonyl (C=O) groups excluding carboxylic acids is 1. The van der Waals surface area contributed by atoms with E-state index in [2.05, 4.69) is 5.73 Å². The number of amides is 1. The molecule has 8 N–H and O–H groups in total. The summed E-state index contributed by atoms with van der Waals surface area (Å²) < 4.78 is 12.2. The minimum Gasteiger partial charge on any atom is -0.488 e. The zero-order chi connectivity index (χ0) is 35.1. The molecule has 1 fully saturated rings. The number of rotatable bonds is 13. The van der Waals surface area contributed by atoms with Crippen LogP contribution in [0, 0.1) is 4.91 Å². The van der Waals surface area contributed by atoms with Crippen molar-refractivity contribution in [2.45, 2.75) is 51.0 Å². The number of nitroso groups, excluding NO2 is 1. The number of carboxylic acid groups (broad SMARTS) is 1. The molecule has 0 atom stereocenters. The minimum absolute atomic E-state index is 0.0129. The summed E-state index contributed by atoms with van der Waals surface area (Å²) in [7, 11) is 0. The monoisotopic (exact) mass is 708 g/mol. The number of benzene rings is 4. The molecule has 0 unspecified atom stereocenters. The first-order valence-corrected chi connectivity index (χ1v) is 16.5. The number of carbonyl (C=O) groups is 2. The Kier molecular flexibility index (Phi) is 11.4. The van der Waals surface area contributed by atoms with Crippen molar-refractivity contribution < 1.29 is 40.2 Å². The quantitative estimate of drug-likeness (QED) is 0.129. The number of aryl methyl sites for hydroxylation is 1. The topological polar surface area (TPSA) is 181 Å². The molecule has 1 aliphatic rings. The van der Waals surface area contributed by atoms with Crippen molar-refractivity contribution >= 4 is 46.5 Å². The van der Waals surface area contributed by atoms with Gasteiger partial charge in [0.1, 0.15) is 36.9 Å². The lowest BCUT2D eigenvalue weighted by Crippen LogP contribution is -2.56. The van der Waals surface area contributed by atoms with Gasteiger partial charge in [0, 0.05) is 71.3 Å². The average Bonchev–Trinajstić information content (AvgIpc) is 3.10. The molecule has 0 spiro atoms. The summed E-state index contributed by atoms with van der Waals surface area (Å²) in [5.41, 5.74) is 13.7. The number of anilines is 1. The summed E-state index contributed by atoms with van der Waals surface area (Å²) >= 11 is 13.5. The van der Waals surface area contributed by atoms with Gasteiger partial charge in [0.2, 0.25) is 5.91 Å². The minimum atomic E-state index is -1.77. The Balaban J connectivity index is 1.23. The number of likely N-dealkylation sites (tertiary alicyclic amines) is 1. The number of nitrogen functional groups attached to an aromatic ring is 1. The van der Waals surface area contributed by atoms with E-state index in [1.165, 1.54) is 0 Å². The number of aliphatic hydroxyl groups is 1. The summed E-state index contributed by atoms with van der Waals surface area (Å²) in [6.45, 7) is 1.19. The Morgan fingerprint density at radius 3 is 2.35 bits per heavy atom. The van der Waals surface area contributed by atoms with Crippen LogP contribution in [0.4, 0.5) is 11.4 Å². The van der Waals surface area contributed by atoms with E-state index in [0.29, 0.717) is 45.9 Å². The molecule has 49 heavy (non-hydrogen) atoms. The Hall–Kier alpha value is -4.68. The third-order valence-corrected chi connectivity index (χ3v) is 9.42. The van der Waals surface area contributed by atoms with E-state index >= 15 is 0 Å². The smallest absolute Gasteiger partial charge is 0.335 e. The van der Waals surface area contributed by atoms with Gasteiger partial charge in [0.05, 0.1) is 10.0 Å². The van der Waals surface area contributed by atoms with Gasteiger partial charge in [0.25, 0.3) is 5.69 Å². The second-order valence-electron chi connectivity index (χ2n) is 11.9. The zero-order valence-corrected chi connectivity index (χ0v) is 28.2. The number of nitrogens with two attached hydrogens (primary N) is 1. The molecule has 256 valence electrons. The normalized spacial score (nSPS) is 13.9. The van der Waals surface area contributed by atoms with E-state index in [4.69, 9.17) is 38.4 Å². The number of hydrogen-bond acceptors (Lipinski definition) is 7. The first kappa shape index (κ1) is 35.6. The SMILES string of the molecule is Nc1cc(COc2cc(OCc3cccc(-c4cccc(CCC(=O)N5CCC(O)(C(=O)O)CC5)c4)c3Cl)c(Cl)cc2C[NH3+])ccc1[NH+]=O. The van der Waals surface area contributed by atoms with Gasteiger partial charge < -0.3 is 36.1 Å². The predicted octanol–water partition coefficient (Wildman–Crippen LogP) is 3.99. The van der Waals surface area contributed by atoms with Crippen LogP contribution in [0.5, 0.6) is 11.5 Å². The number of nitrogens with one attached hydrogen (secondary N) is 1. The third kappa shape index (κ3) is 8.49. The fourth-order valence-corrected chi connectivity index (χ4v) is 6.22. The molecule has 0 radical (unpaired) electrons. The summed E-state index contributed by atoms with van der Waals surface area (Å²) in [4.78, 5) is 36.7. The van der Waals surface area contributed by atoms with Crippen LogP contribution in [0.15, 0.2) is 72.8 Å². The standard InChI is InChI=1S/C36H36Cl2N4O7/c37-28-17-26(19-39)31(48-20-23-7-9-30(41-47)29(40)16-23)18-32(28)49-21-25-5-2-6-27(34(25)38)24-4-1-3-22(15-24)8-10-33(43)42-13-11-36(46,12-14-42)35(44)45/h1-7,9,15-18,46H,8,10-14,19-21,39-40H2,(H,44,45)/p+2. The van der Waals surface area contributed by atoms with Gasteiger partial charge in [-0.15, -0.1) is 0 Å². The second kappa shape index (κ2) is 15.7. The van der Waals surface area contributed by atoms with Gasteiger partial charge >= 0.3 is 5.97 Å². The Bertz CT molecular complexity index is 1860. The molecule has 1 amide bonds. The fourth-order valence-electron chi connectivity index (χ4n) is 5.69. The van der Waals surface area contributed by atoms with Crippen LogP contribution >= 0.6 is 23.2 Å². The van der Waals surface area contributed by atoms with E-state index in [-0.39, 0.29) is 51.5 Å². The van der Waals surface area contributed by atoms with Crippen molar-refractivity contribution in [1.29, 1.82) is 0 Å². The van der Waals surface area contributed by atoms with Crippen LogP contribution in [0.25, 0.3) is 11.1 Å². The van der Waals surface area contributed by atoms with Crippen molar-refractivity contribution in [2.24, 2.45) is 0 Å². The molecular formula is C36H38Cl2N4O7+2. The van der Waals surface area contributed by atoms with Gasteiger partial charge in [-0.3, -0.25) is 4.79 Å². The Morgan fingerprint density at radius 1 is 0.918 bits per heavy atom. The van der Waals surface area contributed by atoms with E-state index in [1.807, 2.05) is 42.5 Å². The molecule has 13 heteroatoms. The van der Waals surface area contributed by atoms with Gasteiger partial charge in [-0.25, -0.2) is 4.79 Å². The second-order valence-corrected chi connectivity index (χ2v) is 12.7. The van der Waals surface area contributed by atoms with Crippen LogP contribution < -0.4 is 26.1 Å². The van der Waals surface area contributed by atoms with Crippen molar-refractivity contribution in [3.8, 4) is 22.6 Å². The number of ether oxygens (including phenoxy) is 2. The average molecular weight is 710 g/mol. The number of quaternary nitrogens is 1. The van der Waals surface area contributed by atoms with Crippen molar-refractivity contribution in [2.75, 3.05) is 18.8 Å². The van der Waals surface area contributed by atoms with Gasteiger partial charge in [-0.05, 0) is 41.3 Å². The van der Waals surface area contributed by atoms with Crippen LogP contribution in [-0.2, 0) is 35.8 Å². The largest absolute Gasteiger partial charge is 0.488 e. The first-order valence-electron chi connectivity index (χ1n) is 15.8. The van der Waals surface area contributed by atoms with E-state index in [0.717, 1.165) is 33.4 Å². The summed E-state index contributed by atoms with van der Waals surface area (Å²) in [6.07, 6.45) is 0.780. The van der Waals surface area contributed by atoms with Gasteiger partial charge in [-0.1, -0.05) is 65.7 Å². The molecule has 1 aliphatic heterocycles. The van der Waals surface area contributed by atoms with Crippen LogP contribution in [-0.4, -0.2) is 45.7 Å². The van der Waals surface area contributed by atoms with Crippen LogP contribution in [0.1, 0.15) is 41.5 Å². The molecule has 0 saturated carbocycles. The number of halogens is 2. The maximum atomic E-state index is 12.8. The van der Waals surface area contributed by atoms with Crippen LogP contribution in [0.3, 0.4) is 0 Å². The lowest BCUT2D eigenvalue weighted by atomic mass is 9.91. The highest BCUT2D eigenvalue weighted by atomic mass is 35.5. The highest BCUT2D eigenvalue weighted by molar-refractivity contribution is 6.34. The fraction of sp³-hybridized carbons (Fsp3) is 0.278. The Morgan fingerprint density at radius 2 is 1.65 bits per heavy atom. The van der Waals surface area contributed by atoms with Crippen LogP contribution in [0.2, 0.25) is 10.0 Å². The number of aliphatic carboxylic acids is 1. The van der Waals surface area contributed by atoms with Crippen molar-refractivity contribution in [3.05, 3.63) is 110 Å². The van der Waals surface area contributed by atoms with E-state index in [9.17, 15) is 24.7 Å². The Labute approximate surface area is 293 Å². The molecule has 5 rings (SSSR count). The maximum Gasteiger partial charge on any atom is 0.335 e. The lowest BCUT2D eigenvalue weighted by Gasteiger charge is -2.35. The van der Waals surface area contributed by atoms with Crippen molar-refractivity contribution in [1.82, 2.24) is 4.90 Å². The molecule has 0 bridgehead atoms. The predicted molar refractivity (Wildman–Crippen MR) is 185 cm³/mol. The first-order chi connectivity index (χ1) is 23.5. The number of nitrogens with zero attached hydrogens (tertiary/aromatic N) is 1. The molecule has 11 nitrogen and oxygen atoms in total. The highest BCUT2D eigenvalue weighted by Crippen LogP contribution is 2.36. The summed E-state index contributed by atoms with van der Waals surface area (Å²) in [5.74, 6) is -0.369. The summed E-state index contributed by atoms with van der Waals surface area (Å²) in [5, 5.41) is 22.1. The highest BCUT2D eigenvalue weighted by Gasteiger charge is 2.40. The number of carboxylic acids is 1. The molecular weight excluding hydrogens is 671 g/mol. The lowest BCUT2D eigenvalue weighted by molar-refractivity contribution is -0.386. The summed E-state index contributed by atoms with van der Waals surface area (Å²) in [6, 6.07) is 22.0.